The third-order valence-corrected chi connectivity index (χ3v) is 2.55. The van der Waals surface area contributed by atoms with Crippen LogP contribution in [-0.2, 0) is 4.74 Å². The monoisotopic (exact) mass is 280 g/mol. The Morgan fingerprint density at radius 3 is 2.95 bits per heavy atom. The van der Waals surface area contributed by atoms with Crippen molar-refractivity contribution in [2.45, 2.75) is 19.3 Å². The number of carbonyl (C=O) groups is 1. The second-order valence-corrected chi connectivity index (χ2v) is 4.04. The molecule has 0 saturated heterocycles. The molecule has 0 aliphatic carbocycles. The minimum Gasteiger partial charge on any atom is -0.464 e. The van der Waals surface area contributed by atoms with Gasteiger partial charge in [-0.15, -0.1) is 0 Å². The first-order chi connectivity index (χ1) is 9.72. The van der Waals surface area contributed by atoms with Crippen molar-refractivity contribution in [3.05, 3.63) is 24.0 Å². The van der Waals surface area contributed by atoms with Crippen molar-refractivity contribution in [2.75, 3.05) is 20.2 Å². The number of nitrogens with zero attached hydrogens (tertiary/aromatic N) is 2. The van der Waals surface area contributed by atoms with Crippen molar-refractivity contribution < 1.29 is 13.9 Å². The van der Waals surface area contributed by atoms with Crippen molar-refractivity contribution in [3.63, 3.8) is 0 Å². The number of aromatic nitrogens is 1. The molecule has 0 unspecified atom stereocenters. The molecule has 1 rings (SSSR count). The van der Waals surface area contributed by atoms with E-state index in [0.29, 0.717) is 18.7 Å². The molecule has 110 valence electrons. The van der Waals surface area contributed by atoms with Gasteiger partial charge in [-0.25, -0.2) is 9.78 Å². The van der Waals surface area contributed by atoms with E-state index in [2.05, 4.69) is 14.7 Å². The molecule has 7 nitrogen and oxygen atoms in total. The van der Waals surface area contributed by atoms with E-state index in [9.17, 15) is 4.79 Å². The van der Waals surface area contributed by atoms with Gasteiger partial charge in [0.25, 0.3) is 0 Å². The molecule has 4 N–H and O–H groups in total. The zero-order valence-electron chi connectivity index (χ0n) is 11.5. The first kappa shape index (κ1) is 15.9. The Kier molecular flexibility index (Phi) is 7.05. The average Bonchev–Trinajstić information content (AvgIpc) is 2.95. The van der Waals surface area contributed by atoms with Gasteiger partial charge < -0.3 is 20.6 Å². The number of ether oxygens (including phenoxy) is 1. The summed E-state index contributed by atoms with van der Waals surface area (Å²) in [7, 11) is 1.28. The Hall–Kier alpha value is -2.15. The fourth-order valence-electron chi connectivity index (χ4n) is 1.46. The standard InChI is InChI=1S/C13H20N4O3/c1-19-13(18)11-9-20-12(17-11)10(7-15)8-16-6-4-2-3-5-14/h7-9H,2-6,14-15H2,1H3. The van der Waals surface area contributed by atoms with Gasteiger partial charge in [0.1, 0.15) is 6.26 Å². The second-order valence-electron chi connectivity index (χ2n) is 4.04. The maximum atomic E-state index is 11.3. The minimum atomic E-state index is -0.560. The quantitative estimate of drug-likeness (QED) is 0.416. The largest absolute Gasteiger partial charge is 0.464 e. The van der Waals surface area contributed by atoms with E-state index in [1.54, 1.807) is 6.21 Å². The van der Waals surface area contributed by atoms with Crippen LogP contribution in [0.4, 0.5) is 0 Å². The van der Waals surface area contributed by atoms with E-state index in [1.807, 2.05) is 0 Å². The van der Waals surface area contributed by atoms with Crippen molar-refractivity contribution >= 4 is 17.8 Å². The summed E-state index contributed by atoms with van der Waals surface area (Å²) in [5.41, 5.74) is 11.5. The Morgan fingerprint density at radius 2 is 2.30 bits per heavy atom. The highest BCUT2D eigenvalue weighted by atomic mass is 16.5. The highest BCUT2D eigenvalue weighted by molar-refractivity contribution is 6.08. The van der Waals surface area contributed by atoms with E-state index in [-0.39, 0.29) is 11.6 Å². The van der Waals surface area contributed by atoms with E-state index in [0.717, 1.165) is 19.3 Å². The molecule has 1 aromatic rings. The number of oxazole rings is 1. The van der Waals surface area contributed by atoms with Gasteiger partial charge in [0.2, 0.25) is 5.89 Å². The molecule has 0 aromatic carbocycles. The molecule has 0 bridgehead atoms. The number of methoxy groups -OCH3 is 1. The second kappa shape index (κ2) is 8.87. The molecule has 0 radical (unpaired) electrons. The predicted octanol–water partition coefficient (Wildman–Crippen LogP) is 0.961. The van der Waals surface area contributed by atoms with Gasteiger partial charge in [-0.05, 0) is 19.4 Å². The lowest BCUT2D eigenvalue weighted by atomic mass is 10.2. The summed E-state index contributed by atoms with van der Waals surface area (Å²) >= 11 is 0. The molecule has 0 fully saturated rings. The van der Waals surface area contributed by atoms with E-state index >= 15 is 0 Å². The number of allylic oxidation sites excluding steroid dienone is 1. The third kappa shape index (κ3) is 4.85. The van der Waals surface area contributed by atoms with E-state index in [1.165, 1.54) is 19.6 Å². The molecule has 0 aliphatic rings. The van der Waals surface area contributed by atoms with Crippen molar-refractivity contribution in [1.82, 2.24) is 4.98 Å². The Morgan fingerprint density at radius 1 is 1.50 bits per heavy atom. The minimum absolute atomic E-state index is 0.0956. The fraction of sp³-hybridized carbons (Fsp3) is 0.462. The topological polar surface area (TPSA) is 117 Å². The number of aliphatic imine (C=N–C) groups is 1. The highest BCUT2D eigenvalue weighted by Crippen LogP contribution is 2.12. The lowest BCUT2D eigenvalue weighted by Gasteiger charge is -1.96. The van der Waals surface area contributed by atoms with Crippen LogP contribution in [-0.4, -0.2) is 37.4 Å². The van der Waals surface area contributed by atoms with E-state index in [4.69, 9.17) is 15.9 Å². The van der Waals surface area contributed by atoms with Gasteiger partial charge in [-0.1, -0.05) is 6.42 Å². The third-order valence-electron chi connectivity index (χ3n) is 2.55. The number of hydrogen-bond donors (Lipinski definition) is 2. The summed E-state index contributed by atoms with van der Waals surface area (Å²) in [6.07, 6.45) is 7.13. The number of rotatable bonds is 8. The average molecular weight is 280 g/mol. The molecular weight excluding hydrogens is 260 g/mol. The number of carbonyl (C=O) groups excluding carboxylic acids is 1. The molecule has 0 atom stereocenters. The highest BCUT2D eigenvalue weighted by Gasteiger charge is 2.13. The summed E-state index contributed by atoms with van der Waals surface area (Å²) in [6, 6.07) is 0. The zero-order chi connectivity index (χ0) is 14.8. The Labute approximate surface area is 117 Å². The molecule has 20 heavy (non-hydrogen) atoms. The Balaban J connectivity index is 2.56. The maximum absolute atomic E-state index is 11.3. The number of nitrogens with two attached hydrogens (primary N) is 2. The number of hydrogen-bond acceptors (Lipinski definition) is 7. The van der Waals surface area contributed by atoms with E-state index < -0.39 is 5.97 Å². The van der Waals surface area contributed by atoms with Crippen molar-refractivity contribution in [3.8, 4) is 0 Å². The van der Waals surface area contributed by atoms with Crippen LogP contribution in [0.3, 0.4) is 0 Å². The maximum Gasteiger partial charge on any atom is 0.360 e. The van der Waals surface area contributed by atoms with Crippen molar-refractivity contribution in [2.24, 2.45) is 16.5 Å². The molecule has 0 amide bonds. The molecule has 1 heterocycles. The number of unbranched alkanes of at least 4 members (excludes halogenated alkanes) is 2. The van der Waals surface area contributed by atoms with Crippen LogP contribution in [0, 0.1) is 0 Å². The molecule has 0 aliphatic heterocycles. The summed E-state index contributed by atoms with van der Waals surface area (Å²) in [6.45, 7) is 1.38. The zero-order valence-corrected chi connectivity index (χ0v) is 11.5. The van der Waals surface area contributed by atoms with Crippen LogP contribution in [0.15, 0.2) is 21.9 Å². The first-order valence-electron chi connectivity index (χ1n) is 6.39. The summed E-state index contributed by atoms with van der Waals surface area (Å²) in [5, 5.41) is 0. The summed E-state index contributed by atoms with van der Waals surface area (Å²) in [4.78, 5) is 19.5. The van der Waals surface area contributed by atoms with Crippen LogP contribution in [0.2, 0.25) is 0 Å². The molecule has 7 heteroatoms. The summed E-state index contributed by atoms with van der Waals surface area (Å²) < 4.78 is 9.71. The lowest BCUT2D eigenvalue weighted by molar-refractivity contribution is 0.0594. The fourth-order valence-corrected chi connectivity index (χ4v) is 1.46. The van der Waals surface area contributed by atoms with Crippen LogP contribution in [0.1, 0.15) is 35.6 Å². The van der Waals surface area contributed by atoms with Crippen molar-refractivity contribution in [1.29, 1.82) is 0 Å². The van der Waals surface area contributed by atoms with Gasteiger partial charge in [-0.3, -0.25) is 4.99 Å². The molecule has 0 spiro atoms. The molecular formula is C13H20N4O3. The predicted molar refractivity (Wildman–Crippen MR) is 76.3 cm³/mol. The normalized spacial score (nSPS) is 12.0. The summed E-state index contributed by atoms with van der Waals surface area (Å²) in [5.74, 6) is -0.325. The first-order valence-corrected chi connectivity index (χ1v) is 6.39. The molecule has 1 aromatic heterocycles. The SMILES string of the molecule is COC(=O)c1coc(C(C=NCCCCCN)=CN)n1. The number of esters is 1. The smallest absolute Gasteiger partial charge is 0.360 e. The van der Waals surface area contributed by atoms with Gasteiger partial charge >= 0.3 is 5.97 Å². The Bertz CT molecular complexity index is 480. The molecule has 0 saturated carbocycles. The van der Waals surface area contributed by atoms with Crippen LogP contribution in [0.5, 0.6) is 0 Å². The van der Waals surface area contributed by atoms with Gasteiger partial charge in [0.15, 0.2) is 5.69 Å². The van der Waals surface area contributed by atoms with Crippen LogP contribution >= 0.6 is 0 Å². The van der Waals surface area contributed by atoms with Gasteiger partial charge in [0, 0.05) is 19.0 Å². The van der Waals surface area contributed by atoms with Crippen LogP contribution in [0.25, 0.3) is 5.57 Å². The van der Waals surface area contributed by atoms with Gasteiger partial charge in [-0.2, -0.15) is 0 Å². The van der Waals surface area contributed by atoms with Crippen LogP contribution < -0.4 is 11.5 Å². The van der Waals surface area contributed by atoms with Gasteiger partial charge in [0.05, 0.1) is 12.7 Å². The lowest BCUT2D eigenvalue weighted by Crippen LogP contribution is -2.02.